The van der Waals surface area contributed by atoms with Gasteiger partial charge in [-0.1, -0.05) is 24.6 Å². The van der Waals surface area contributed by atoms with Crippen molar-refractivity contribution in [2.75, 3.05) is 11.9 Å². The summed E-state index contributed by atoms with van der Waals surface area (Å²) in [6.07, 6.45) is 4.03. The van der Waals surface area contributed by atoms with Crippen LogP contribution in [-0.4, -0.2) is 21.1 Å². The van der Waals surface area contributed by atoms with Crippen molar-refractivity contribution in [2.45, 2.75) is 19.9 Å². The van der Waals surface area contributed by atoms with Crippen LogP contribution in [-0.2, 0) is 6.54 Å². The molecule has 0 amide bonds. The zero-order chi connectivity index (χ0) is 14.5. The van der Waals surface area contributed by atoms with E-state index in [2.05, 4.69) is 22.2 Å². The van der Waals surface area contributed by atoms with Crippen LogP contribution in [0.5, 0.6) is 0 Å². The van der Waals surface area contributed by atoms with E-state index in [4.69, 9.17) is 11.6 Å². The Morgan fingerprint density at radius 2 is 2.20 bits per heavy atom. The van der Waals surface area contributed by atoms with Gasteiger partial charge in [0.05, 0.1) is 6.54 Å². The molecule has 106 valence electrons. The van der Waals surface area contributed by atoms with Crippen molar-refractivity contribution in [3.8, 4) is 0 Å². The van der Waals surface area contributed by atoms with E-state index in [0.29, 0.717) is 6.54 Å². The Balaban J connectivity index is 2.16. The molecular weight excluding hydrogens is 280 g/mol. The Hall–Kier alpha value is -2.08. The van der Waals surface area contributed by atoms with Crippen molar-refractivity contribution in [3.05, 3.63) is 56.0 Å². The summed E-state index contributed by atoms with van der Waals surface area (Å²) in [6.45, 7) is 3.24. The molecule has 2 rings (SSSR count). The fraction of sp³-hybridized carbons (Fsp3) is 0.308. The molecule has 2 heterocycles. The molecule has 0 aromatic carbocycles. The van der Waals surface area contributed by atoms with Crippen molar-refractivity contribution in [2.24, 2.45) is 0 Å². The second-order valence-electron chi connectivity index (χ2n) is 4.34. The van der Waals surface area contributed by atoms with Crippen molar-refractivity contribution < 1.29 is 0 Å². The third-order valence-corrected chi connectivity index (χ3v) is 2.97. The highest BCUT2D eigenvalue weighted by molar-refractivity contribution is 6.30. The predicted octanol–water partition coefficient (Wildman–Crippen LogP) is 1.46. The quantitative estimate of drug-likeness (QED) is 0.875. The van der Waals surface area contributed by atoms with Crippen molar-refractivity contribution in [3.63, 3.8) is 0 Å². The van der Waals surface area contributed by atoms with Crippen LogP contribution in [0.3, 0.4) is 0 Å². The average Bonchev–Trinajstić information content (AvgIpc) is 2.44. The number of aromatic nitrogens is 3. The predicted molar refractivity (Wildman–Crippen MR) is 78.5 cm³/mol. The lowest BCUT2D eigenvalue weighted by Gasteiger charge is -2.07. The molecule has 0 aliphatic carbocycles. The molecule has 0 aliphatic heterocycles. The van der Waals surface area contributed by atoms with E-state index in [1.165, 1.54) is 10.8 Å². The summed E-state index contributed by atoms with van der Waals surface area (Å²) in [7, 11) is 0. The number of rotatable bonds is 5. The Bertz CT molecular complexity index is 691. The van der Waals surface area contributed by atoms with E-state index in [-0.39, 0.29) is 5.02 Å². The number of nitrogens with zero attached hydrogens (tertiary/aromatic N) is 2. The molecule has 7 heteroatoms. The molecule has 0 bridgehead atoms. The number of anilines is 1. The second kappa shape index (κ2) is 6.38. The molecule has 0 saturated carbocycles. The lowest BCUT2D eigenvalue weighted by atomic mass is 10.3. The Morgan fingerprint density at radius 3 is 2.85 bits per heavy atom. The highest BCUT2D eigenvalue weighted by atomic mass is 35.5. The largest absolute Gasteiger partial charge is 0.370 e. The molecule has 2 N–H and O–H groups in total. The molecule has 2 aromatic heterocycles. The van der Waals surface area contributed by atoms with E-state index < -0.39 is 11.2 Å². The monoisotopic (exact) mass is 294 g/mol. The summed E-state index contributed by atoms with van der Waals surface area (Å²) >= 11 is 5.71. The van der Waals surface area contributed by atoms with Gasteiger partial charge in [0.25, 0.3) is 5.56 Å². The first-order valence-electron chi connectivity index (χ1n) is 6.28. The highest BCUT2D eigenvalue weighted by Crippen LogP contribution is 2.06. The van der Waals surface area contributed by atoms with Crippen LogP contribution in [0.4, 0.5) is 5.82 Å². The molecule has 0 radical (unpaired) electrons. The number of pyridine rings is 1. The van der Waals surface area contributed by atoms with E-state index in [1.54, 1.807) is 6.20 Å². The Morgan fingerprint density at radius 1 is 1.40 bits per heavy atom. The standard InChI is InChI=1S/C13H15ClN4O2/c1-2-5-15-11-4-3-9(6-16-11)7-18-8-10(14)12(19)17-13(18)20/h3-4,6,8H,2,5,7H2,1H3,(H,15,16)(H,17,19,20). The fourth-order valence-corrected chi connectivity index (χ4v) is 1.84. The Kier molecular flexibility index (Phi) is 4.57. The maximum absolute atomic E-state index is 11.6. The molecule has 6 nitrogen and oxygen atoms in total. The third kappa shape index (κ3) is 3.48. The molecule has 20 heavy (non-hydrogen) atoms. The highest BCUT2D eigenvalue weighted by Gasteiger charge is 2.03. The number of halogens is 1. The molecule has 0 saturated heterocycles. The summed E-state index contributed by atoms with van der Waals surface area (Å²) in [5, 5.41) is 3.15. The van der Waals surface area contributed by atoms with E-state index in [0.717, 1.165) is 24.3 Å². The number of H-pyrrole nitrogens is 1. The van der Waals surface area contributed by atoms with Gasteiger partial charge in [0.2, 0.25) is 0 Å². The molecular formula is C13H15ClN4O2. The number of hydrogen-bond acceptors (Lipinski definition) is 4. The van der Waals surface area contributed by atoms with Gasteiger partial charge < -0.3 is 5.32 Å². The van der Waals surface area contributed by atoms with Crippen LogP contribution in [0.25, 0.3) is 0 Å². The van der Waals surface area contributed by atoms with Crippen LogP contribution in [0.1, 0.15) is 18.9 Å². The summed E-state index contributed by atoms with van der Waals surface area (Å²) in [5.41, 5.74) is -0.227. The van der Waals surface area contributed by atoms with Gasteiger partial charge >= 0.3 is 5.69 Å². The first-order valence-corrected chi connectivity index (χ1v) is 6.66. The van der Waals surface area contributed by atoms with Crippen LogP contribution >= 0.6 is 11.6 Å². The van der Waals surface area contributed by atoms with E-state index in [1.807, 2.05) is 12.1 Å². The van der Waals surface area contributed by atoms with E-state index >= 15 is 0 Å². The van der Waals surface area contributed by atoms with Gasteiger partial charge in [-0.2, -0.15) is 0 Å². The summed E-state index contributed by atoms with van der Waals surface area (Å²) in [6, 6.07) is 3.72. The van der Waals surface area contributed by atoms with Crippen LogP contribution in [0.2, 0.25) is 5.02 Å². The average molecular weight is 295 g/mol. The molecule has 2 aromatic rings. The Labute approximate surface area is 120 Å². The topological polar surface area (TPSA) is 79.8 Å². The van der Waals surface area contributed by atoms with Gasteiger partial charge in [-0.15, -0.1) is 0 Å². The lowest BCUT2D eigenvalue weighted by Crippen LogP contribution is -2.29. The molecule has 0 unspecified atom stereocenters. The second-order valence-corrected chi connectivity index (χ2v) is 4.75. The smallest absolute Gasteiger partial charge is 0.328 e. The van der Waals surface area contributed by atoms with Crippen molar-refractivity contribution in [1.82, 2.24) is 14.5 Å². The first-order chi connectivity index (χ1) is 9.60. The third-order valence-electron chi connectivity index (χ3n) is 2.70. The number of hydrogen-bond donors (Lipinski definition) is 2. The van der Waals surface area contributed by atoms with Crippen molar-refractivity contribution in [1.29, 1.82) is 0 Å². The molecule has 0 atom stereocenters. The zero-order valence-electron chi connectivity index (χ0n) is 11.0. The lowest BCUT2D eigenvalue weighted by molar-refractivity contribution is 0.718. The maximum atomic E-state index is 11.6. The minimum atomic E-state index is -0.579. The SMILES string of the molecule is CCCNc1ccc(Cn2cc(Cl)c(=O)[nH]c2=O)cn1. The summed E-state index contributed by atoms with van der Waals surface area (Å²) in [5.74, 6) is 0.794. The minimum absolute atomic E-state index is 0.0150. The van der Waals surface area contributed by atoms with Crippen LogP contribution in [0, 0.1) is 0 Å². The van der Waals surface area contributed by atoms with Gasteiger partial charge in [-0.25, -0.2) is 9.78 Å². The summed E-state index contributed by atoms with van der Waals surface area (Å²) in [4.78, 5) is 29.2. The first kappa shape index (κ1) is 14.3. The number of nitrogens with one attached hydrogen (secondary N) is 2. The maximum Gasteiger partial charge on any atom is 0.328 e. The molecule has 0 aliphatic rings. The van der Waals surface area contributed by atoms with Gasteiger partial charge in [0.1, 0.15) is 10.8 Å². The minimum Gasteiger partial charge on any atom is -0.370 e. The molecule has 0 spiro atoms. The molecule has 0 fully saturated rings. The summed E-state index contributed by atoms with van der Waals surface area (Å²) < 4.78 is 1.33. The number of aromatic amines is 1. The van der Waals surface area contributed by atoms with Gasteiger partial charge in [0, 0.05) is 18.9 Å². The van der Waals surface area contributed by atoms with Gasteiger partial charge in [-0.3, -0.25) is 14.3 Å². The van der Waals surface area contributed by atoms with Crippen molar-refractivity contribution >= 4 is 17.4 Å². The zero-order valence-corrected chi connectivity index (χ0v) is 11.8. The van der Waals surface area contributed by atoms with Crippen LogP contribution < -0.4 is 16.6 Å². The normalized spacial score (nSPS) is 10.5. The van der Waals surface area contributed by atoms with Crippen LogP contribution in [0.15, 0.2) is 34.1 Å². The van der Waals surface area contributed by atoms with Gasteiger partial charge in [0.15, 0.2) is 0 Å². The van der Waals surface area contributed by atoms with E-state index in [9.17, 15) is 9.59 Å². The fourth-order valence-electron chi connectivity index (χ4n) is 1.67. The van der Waals surface area contributed by atoms with Gasteiger partial charge in [-0.05, 0) is 18.1 Å².